The van der Waals surface area contributed by atoms with Gasteiger partial charge in [-0.15, -0.1) is 0 Å². The second kappa shape index (κ2) is 8.54. The topological polar surface area (TPSA) is 38.8 Å². The van der Waals surface area contributed by atoms with Gasteiger partial charge in [-0.25, -0.2) is 0 Å². The Kier molecular flexibility index (Phi) is 7.39. The van der Waals surface area contributed by atoms with Crippen LogP contribution < -0.4 is 0 Å². The smallest absolute Gasteiger partial charge is 0.323 e. The summed E-state index contributed by atoms with van der Waals surface area (Å²) in [6.07, 6.45) is 4.42. The van der Waals surface area contributed by atoms with Gasteiger partial charge in [0.15, 0.2) is 0 Å². The van der Waals surface area contributed by atoms with Crippen molar-refractivity contribution < 1.29 is 14.3 Å². The van der Waals surface area contributed by atoms with Crippen molar-refractivity contribution in [2.45, 2.75) is 58.5 Å². The van der Waals surface area contributed by atoms with Gasteiger partial charge in [0.05, 0.1) is 13.2 Å². The third kappa shape index (κ3) is 5.11. The summed E-state index contributed by atoms with van der Waals surface area (Å²) in [5.41, 5.74) is 0. The van der Waals surface area contributed by atoms with E-state index in [2.05, 4.69) is 18.7 Å². The van der Waals surface area contributed by atoms with Crippen LogP contribution in [0.15, 0.2) is 0 Å². The molecule has 0 spiro atoms. The molecule has 0 saturated heterocycles. The number of hydrogen-bond donors (Lipinski definition) is 0. The molecule has 0 heterocycles. The summed E-state index contributed by atoms with van der Waals surface area (Å²) < 4.78 is 10.4. The largest absolute Gasteiger partial charge is 0.465 e. The summed E-state index contributed by atoms with van der Waals surface area (Å²) in [6.45, 7) is 8.13. The quantitative estimate of drug-likeness (QED) is 0.572. The molecule has 19 heavy (non-hydrogen) atoms. The maximum atomic E-state index is 12.2. The molecule has 1 fully saturated rings. The lowest BCUT2D eigenvalue weighted by molar-refractivity contribution is -0.151. The molecule has 1 saturated carbocycles. The molecule has 0 aromatic heterocycles. The van der Waals surface area contributed by atoms with Crippen LogP contribution in [0.3, 0.4) is 0 Å². The monoisotopic (exact) mass is 271 g/mol. The molecular formula is C15H29NO3. The summed E-state index contributed by atoms with van der Waals surface area (Å²) >= 11 is 0. The Labute approximate surface area is 117 Å². The zero-order chi connectivity index (χ0) is 14.3. The van der Waals surface area contributed by atoms with E-state index in [0.717, 1.165) is 25.3 Å². The summed E-state index contributed by atoms with van der Waals surface area (Å²) in [7, 11) is 1.71. The molecule has 1 rings (SSSR count). The van der Waals surface area contributed by atoms with E-state index >= 15 is 0 Å². The second-order valence-electron chi connectivity index (χ2n) is 5.37. The van der Waals surface area contributed by atoms with Crippen molar-refractivity contribution >= 4 is 5.97 Å². The molecule has 2 unspecified atom stereocenters. The highest BCUT2D eigenvalue weighted by Crippen LogP contribution is 2.36. The molecule has 4 nitrogen and oxygen atoms in total. The molecule has 1 aliphatic rings. The van der Waals surface area contributed by atoms with Crippen LogP contribution in [0.2, 0.25) is 0 Å². The fourth-order valence-electron chi connectivity index (χ4n) is 2.62. The molecule has 112 valence electrons. The molecule has 2 atom stereocenters. The lowest BCUT2D eigenvalue weighted by Gasteiger charge is -2.35. The fraction of sp³-hybridized carbons (Fsp3) is 0.933. The zero-order valence-corrected chi connectivity index (χ0v) is 12.9. The Morgan fingerprint density at radius 3 is 2.53 bits per heavy atom. The first-order chi connectivity index (χ1) is 9.15. The van der Waals surface area contributed by atoms with Crippen LogP contribution in [0.5, 0.6) is 0 Å². The third-order valence-corrected chi connectivity index (χ3v) is 3.90. The van der Waals surface area contributed by atoms with E-state index in [1.54, 1.807) is 7.11 Å². The number of carbonyl (C=O) groups is 1. The highest BCUT2D eigenvalue weighted by Gasteiger charge is 2.37. The number of rotatable bonds is 10. The summed E-state index contributed by atoms with van der Waals surface area (Å²) in [5, 5.41) is 0. The maximum absolute atomic E-state index is 12.2. The van der Waals surface area contributed by atoms with Crippen molar-refractivity contribution in [3.63, 3.8) is 0 Å². The van der Waals surface area contributed by atoms with Crippen molar-refractivity contribution in [2.75, 3.05) is 26.9 Å². The maximum Gasteiger partial charge on any atom is 0.323 e. The summed E-state index contributed by atoms with van der Waals surface area (Å²) in [4.78, 5) is 14.5. The summed E-state index contributed by atoms with van der Waals surface area (Å²) in [5.74, 6) is 0.665. The predicted molar refractivity (Wildman–Crippen MR) is 76.1 cm³/mol. The average Bonchev–Trinajstić information content (AvgIpc) is 3.22. The van der Waals surface area contributed by atoms with Gasteiger partial charge in [-0.05, 0) is 39.0 Å². The lowest BCUT2D eigenvalue weighted by atomic mass is 10.1. The molecule has 0 aliphatic heterocycles. The van der Waals surface area contributed by atoms with Crippen molar-refractivity contribution in [1.82, 2.24) is 4.90 Å². The van der Waals surface area contributed by atoms with E-state index in [1.165, 1.54) is 12.8 Å². The van der Waals surface area contributed by atoms with Gasteiger partial charge in [-0.1, -0.05) is 13.3 Å². The number of ether oxygens (including phenoxy) is 2. The number of esters is 1. The Morgan fingerprint density at radius 2 is 2.05 bits per heavy atom. The zero-order valence-electron chi connectivity index (χ0n) is 12.9. The Hall–Kier alpha value is -0.610. The van der Waals surface area contributed by atoms with E-state index in [9.17, 15) is 4.79 Å². The Balaban J connectivity index is 2.72. The molecule has 1 aliphatic carbocycles. The highest BCUT2D eigenvalue weighted by molar-refractivity contribution is 5.75. The molecule has 0 N–H and O–H groups in total. The predicted octanol–water partition coefficient (Wildman–Crippen LogP) is 2.47. The van der Waals surface area contributed by atoms with Crippen molar-refractivity contribution in [3.05, 3.63) is 0 Å². The van der Waals surface area contributed by atoms with Crippen molar-refractivity contribution in [2.24, 2.45) is 5.92 Å². The first-order valence-corrected chi connectivity index (χ1v) is 7.56. The number of nitrogens with zero attached hydrogens (tertiary/aromatic N) is 1. The fourth-order valence-corrected chi connectivity index (χ4v) is 2.62. The van der Waals surface area contributed by atoms with E-state index in [1.807, 2.05) is 6.92 Å². The molecule has 0 bridgehead atoms. The van der Waals surface area contributed by atoms with Gasteiger partial charge in [0, 0.05) is 19.7 Å². The van der Waals surface area contributed by atoms with Gasteiger partial charge >= 0.3 is 5.97 Å². The molecule has 0 aromatic carbocycles. The SMILES string of the molecule is CCCC(C(=O)OCC)N(CCOC)C(C)C1CC1. The van der Waals surface area contributed by atoms with Crippen LogP contribution in [-0.4, -0.2) is 49.8 Å². The van der Waals surface area contributed by atoms with Crippen molar-refractivity contribution in [3.8, 4) is 0 Å². The number of hydrogen-bond acceptors (Lipinski definition) is 4. The van der Waals surface area contributed by atoms with Gasteiger partial charge in [0.25, 0.3) is 0 Å². The van der Waals surface area contributed by atoms with E-state index in [-0.39, 0.29) is 12.0 Å². The molecule has 0 radical (unpaired) electrons. The van der Waals surface area contributed by atoms with Gasteiger partial charge < -0.3 is 9.47 Å². The van der Waals surface area contributed by atoms with Crippen LogP contribution in [0.4, 0.5) is 0 Å². The van der Waals surface area contributed by atoms with E-state index in [0.29, 0.717) is 19.3 Å². The standard InChI is InChI=1S/C15H29NO3/c1-5-7-14(15(17)19-6-2)16(10-11-18-4)12(3)13-8-9-13/h12-14H,5-11H2,1-4H3. The van der Waals surface area contributed by atoms with Crippen LogP contribution in [0, 0.1) is 5.92 Å². The molecule has 0 amide bonds. The molecular weight excluding hydrogens is 242 g/mol. The minimum atomic E-state index is -0.115. The van der Waals surface area contributed by atoms with Gasteiger partial charge in [0.1, 0.15) is 6.04 Å². The van der Waals surface area contributed by atoms with Crippen molar-refractivity contribution in [1.29, 1.82) is 0 Å². The number of carbonyl (C=O) groups excluding carboxylic acids is 1. The normalized spacial score (nSPS) is 18.4. The van der Waals surface area contributed by atoms with Gasteiger partial charge in [-0.3, -0.25) is 9.69 Å². The van der Waals surface area contributed by atoms with Crippen LogP contribution >= 0.6 is 0 Å². The first-order valence-electron chi connectivity index (χ1n) is 7.56. The van der Waals surface area contributed by atoms with E-state index in [4.69, 9.17) is 9.47 Å². The van der Waals surface area contributed by atoms with Crippen LogP contribution in [-0.2, 0) is 14.3 Å². The minimum Gasteiger partial charge on any atom is -0.465 e. The third-order valence-electron chi connectivity index (χ3n) is 3.90. The Morgan fingerprint density at radius 1 is 1.37 bits per heavy atom. The average molecular weight is 271 g/mol. The van der Waals surface area contributed by atoms with Gasteiger partial charge in [0.2, 0.25) is 0 Å². The second-order valence-corrected chi connectivity index (χ2v) is 5.37. The summed E-state index contributed by atoms with van der Waals surface area (Å²) in [6, 6.07) is 0.326. The molecule has 0 aromatic rings. The lowest BCUT2D eigenvalue weighted by Crippen LogP contribution is -2.49. The van der Waals surface area contributed by atoms with Gasteiger partial charge in [-0.2, -0.15) is 0 Å². The minimum absolute atomic E-state index is 0.0760. The van der Waals surface area contributed by atoms with Crippen LogP contribution in [0.25, 0.3) is 0 Å². The van der Waals surface area contributed by atoms with E-state index < -0.39 is 0 Å². The Bertz CT molecular complexity index is 266. The van der Waals surface area contributed by atoms with Crippen LogP contribution in [0.1, 0.15) is 46.5 Å². The molecule has 4 heteroatoms. The number of methoxy groups -OCH3 is 1. The highest BCUT2D eigenvalue weighted by atomic mass is 16.5. The first kappa shape index (κ1) is 16.4.